The van der Waals surface area contributed by atoms with E-state index >= 15 is 0 Å². The maximum Gasteiger partial charge on any atom is 0.150 e. The number of anilines is 1. The van der Waals surface area contributed by atoms with E-state index in [1.54, 1.807) is 0 Å². The molecule has 1 aromatic heterocycles. The Morgan fingerprint density at radius 3 is 2.80 bits per heavy atom. The average Bonchev–Trinajstić information content (AvgIpc) is 2.89. The second-order valence-corrected chi connectivity index (χ2v) is 12.9. The van der Waals surface area contributed by atoms with E-state index in [1.807, 2.05) is 23.9 Å². The lowest BCUT2D eigenvalue weighted by Crippen LogP contribution is -2.29. The van der Waals surface area contributed by atoms with Crippen LogP contribution < -0.4 is 4.90 Å². The standard InChI is InChI=1S/C14H27N3O2Si/c1-14(18)6-8-16(11-14)13-5-7-17(15-13)12-19-9-10-20(2,3)4/h5,7,18H,6,8-12H2,1-4H3. The van der Waals surface area contributed by atoms with Gasteiger partial charge in [0, 0.05) is 40.0 Å². The van der Waals surface area contributed by atoms with Gasteiger partial charge >= 0.3 is 0 Å². The van der Waals surface area contributed by atoms with Crippen LogP contribution in [0, 0.1) is 0 Å². The lowest BCUT2D eigenvalue weighted by molar-refractivity contribution is 0.0785. The fourth-order valence-electron chi connectivity index (χ4n) is 2.27. The molecule has 2 heterocycles. The predicted molar refractivity (Wildman–Crippen MR) is 83.8 cm³/mol. The van der Waals surface area contributed by atoms with E-state index in [2.05, 4.69) is 29.6 Å². The molecule has 1 atom stereocenters. The van der Waals surface area contributed by atoms with E-state index in [0.29, 0.717) is 13.3 Å². The number of ether oxygens (including phenoxy) is 1. The van der Waals surface area contributed by atoms with Gasteiger partial charge in [0.25, 0.3) is 0 Å². The molecule has 1 N–H and O–H groups in total. The minimum Gasteiger partial charge on any atom is -0.388 e. The van der Waals surface area contributed by atoms with Crippen molar-refractivity contribution in [2.75, 3.05) is 24.6 Å². The summed E-state index contributed by atoms with van der Waals surface area (Å²) in [6.45, 7) is 11.8. The Morgan fingerprint density at radius 2 is 2.20 bits per heavy atom. The van der Waals surface area contributed by atoms with Gasteiger partial charge in [-0.1, -0.05) is 19.6 Å². The van der Waals surface area contributed by atoms with Crippen molar-refractivity contribution < 1.29 is 9.84 Å². The molecule has 1 saturated heterocycles. The van der Waals surface area contributed by atoms with Gasteiger partial charge in [0.1, 0.15) is 6.73 Å². The summed E-state index contributed by atoms with van der Waals surface area (Å²) in [4.78, 5) is 2.12. The number of β-amino-alcohol motifs (C(OH)–C–C–N with tert-alkyl or cyclic N) is 1. The highest BCUT2D eigenvalue weighted by Crippen LogP contribution is 2.24. The van der Waals surface area contributed by atoms with Crippen LogP contribution in [0.4, 0.5) is 5.82 Å². The molecule has 1 aromatic rings. The van der Waals surface area contributed by atoms with Gasteiger partial charge in [-0.05, 0) is 19.4 Å². The fourth-order valence-corrected chi connectivity index (χ4v) is 3.03. The van der Waals surface area contributed by atoms with E-state index in [-0.39, 0.29) is 0 Å². The number of hydrogen-bond acceptors (Lipinski definition) is 4. The van der Waals surface area contributed by atoms with Crippen molar-refractivity contribution in [3.63, 3.8) is 0 Å². The van der Waals surface area contributed by atoms with Gasteiger partial charge in [-0.3, -0.25) is 0 Å². The molecule has 0 saturated carbocycles. The number of aromatic nitrogens is 2. The quantitative estimate of drug-likeness (QED) is 0.646. The Balaban J connectivity index is 1.78. The first-order valence-electron chi connectivity index (χ1n) is 7.34. The third-order valence-electron chi connectivity index (χ3n) is 3.62. The molecule has 1 aliphatic rings. The smallest absolute Gasteiger partial charge is 0.150 e. The van der Waals surface area contributed by atoms with Crippen LogP contribution >= 0.6 is 0 Å². The molecule has 0 aliphatic carbocycles. The summed E-state index contributed by atoms with van der Waals surface area (Å²) in [7, 11) is -1.02. The molecule has 2 rings (SSSR count). The molecule has 1 aliphatic heterocycles. The molecule has 0 spiro atoms. The van der Waals surface area contributed by atoms with Crippen LogP contribution in [0.2, 0.25) is 25.7 Å². The van der Waals surface area contributed by atoms with Crippen LogP contribution in [-0.2, 0) is 11.5 Å². The van der Waals surface area contributed by atoms with Gasteiger partial charge in [-0.2, -0.15) is 5.10 Å². The van der Waals surface area contributed by atoms with Crippen LogP contribution in [0.3, 0.4) is 0 Å². The van der Waals surface area contributed by atoms with Gasteiger partial charge in [-0.15, -0.1) is 0 Å². The normalized spacial score (nSPS) is 23.6. The van der Waals surface area contributed by atoms with Crippen molar-refractivity contribution in [1.82, 2.24) is 9.78 Å². The molecule has 0 amide bonds. The van der Waals surface area contributed by atoms with Crippen LogP contribution in [0.5, 0.6) is 0 Å². The first-order valence-corrected chi connectivity index (χ1v) is 11.0. The summed E-state index contributed by atoms with van der Waals surface area (Å²) in [6, 6.07) is 3.17. The Morgan fingerprint density at radius 1 is 1.45 bits per heavy atom. The largest absolute Gasteiger partial charge is 0.388 e. The lowest BCUT2D eigenvalue weighted by Gasteiger charge is -2.18. The number of hydrogen-bond donors (Lipinski definition) is 1. The van der Waals surface area contributed by atoms with Gasteiger partial charge in [-0.25, -0.2) is 4.68 Å². The van der Waals surface area contributed by atoms with E-state index < -0.39 is 13.7 Å². The van der Waals surface area contributed by atoms with Crippen LogP contribution in [0.15, 0.2) is 12.3 Å². The van der Waals surface area contributed by atoms with Crippen LogP contribution in [0.25, 0.3) is 0 Å². The first kappa shape index (κ1) is 15.5. The monoisotopic (exact) mass is 297 g/mol. The van der Waals surface area contributed by atoms with E-state index in [1.165, 1.54) is 6.04 Å². The average molecular weight is 297 g/mol. The van der Waals surface area contributed by atoms with Gasteiger partial charge in [0.2, 0.25) is 0 Å². The maximum absolute atomic E-state index is 9.99. The van der Waals surface area contributed by atoms with Gasteiger partial charge in [0.05, 0.1) is 5.60 Å². The van der Waals surface area contributed by atoms with Crippen molar-refractivity contribution in [3.8, 4) is 0 Å². The highest BCUT2D eigenvalue weighted by Gasteiger charge is 2.32. The highest BCUT2D eigenvalue weighted by atomic mass is 28.3. The Labute approximate surface area is 122 Å². The van der Waals surface area contributed by atoms with E-state index in [4.69, 9.17) is 4.74 Å². The van der Waals surface area contributed by atoms with Crippen LogP contribution in [-0.4, -0.2) is 48.3 Å². The molecule has 20 heavy (non-hydrogen) atoms. The Kier molecular flexibility index (Phi) is 4.56. The summed E-state index contributed by atoms with van der Waals surface area (Å²) < 4.78 is 7.51. The van der Waals surface area contributed by atoms with E-state index in [0.717, 1.165) is 25.4 Å². The maximum atomic E-state index is 9.99. The second kappa shape index (κ2) is 5.87. The zero-order valence-electron chi connectivity index (χ0n) is 13.1. The molecular formula is C14H27N3O2Si. The summed E-state index contributed by atoms with van der Waals surface area (Å²) >= 11 is 0. The van der Waals surface area contributed by atoms with Gasteiger partial charge in [0.15, 0.2) is 5.82 Å². The molecule has 1 unspecified atom stereocenters. The van der Waals surface area contributed by atoms with Crippen molar-refractivity contribution in [2.45, 2.75) is 51.4 Å². The first-order chi connectivity index (χ1) is 9.25. The molecule has 5 nitrogen and oxygen atoms in total. The minimum absolute atomic E-state index is 0.509. The van der Waals surface area contributed by atoms with Crippen molar-refractivity contribution >= 4 is 13.9 Å². The van der Waals surface area contributed by atoms with Crippen molar-refractivity contribution in [3.05, 3.63) is 12.3 Å². The molecule has 1 fully saturated rings. The van der Waals surface area contributed by atoms with Crippen molar-refractivity contribution in [1.29, 1.82) is 0 Å². The third-order valence-corrected chi connectivity index (χ3v) is 5.33. The van der Waals surface area contributed by atoms with E-state index in [9.17, 15) is 5.11 Å². The molecule has 6 heteroatoms. The number of aliphatic hydroxyl groups is 1. The summed E-state index contributed by atoms with van der Waals surface area (Å²) in [6.07, 6.45) is 2.74. The zero-order valence-corrected chi connectivity index (χ0v) is 14.1. The molecule has 0 aromatic carbocycles. The molecule has 0 bridgehead atoms. The zero-order chi connectivity index (χ0) is 14.8. The topological polar surface area (TPSA) is 50.5 Å². The highest BCUT2D eigenvalue weighted by molar-refractivity contribution is 6.76. The Hall–Kier alpha value is -0.853. The Bertz CT molecular complexity index is 440. The molecule has 0 radical (unpaired) electrons. The van der Waals surface area contributed by atoms with Gasteiger partial charge < -0.3 is 14.7 Å². The van der Waals surface area contributed by atoms with Crippen LogP contribution in [0.1, 0.15) is 13.3 Å². The summed E-state index contributed by atoms with van der Waals surface area (Å²) in [5, 5.41) is 14.5. The SMILES string of the molecule is CC1(O)CCN(c2ccn(COCC[Si](C)(C)C)n2)C1. The molecular weight excluding hydrogens is 270 g/mol. The third kappa shape index (κ3) is 4.61. The lowest BCUT2D eigenvalue weighted by atomic mass is 10.1. The summed E-state index contributed by atoms with van der Waals surface area (Å²) in [5.41, 5.74) is -0.586. The minimum atomic E-state index is -1.02. The number of rotatable bonds is 6. The summed E-state index contributed by atoms with van der Waals surface area (Å²) in [5.74, 6) is 0.927. The number of nitrogens with zero attached hydrogens (tertiary/aromatic N) is 3. The molecule has 114 valence electrons. The van der Waals surface area contributed by atoms with Crippen molar-refractivity contribution in [2.24, 2.45) is 0 Å². The second-order valence-electron chi connectivity index (χ2n) is 7.23. The fraction of sp³-hybridized carbons (Fsp3) is 0.786. The predicted octanol–water partition coefficient (Wildman–Crippen LogP) is 2.16.